The van der Waals surface area contributed by atoms with Crippen molar-refractivity contribution in [3.05, 3.63) is 23.3 Å². The first-order valence-electron chi connectivity index (χ1n) is 9.81. The standard InChI is InChI=1S/C21H30N2O4/c1-15-12-19(27-3)17(13-18(15)26-2)14-20(24)22-8-10-23(11-9-22)21(25)16-6-4-5-7-16/h12-13,16H,4-11,14H2,1-3H3. The van der Waals surface area contributed by atoms with Crippen molar-refractivity contribution >= 4 is 11.8 Å². The number of piperazine rings is 1. The molecule has 0 spiro atoms. The highest BCUT2D eigenvalue weighted by molar-refractivity contribution is 5.81. The normalized spacial score (nSPS) is 17.9. The Balaban J connectivity index is 1.59. The predicted molar refractivity (Wildman–Crippen MR) is 103 cm³/mol. The van der Waals surface area contributed by atoms with E-state index in [-0.39, 0.29) is 24.2 Å². The topological polar surface area (TPSA) is 59.1 Å². The van der Waals surface area contributed by atoms with Crippen LogP contribution in [0.1, 0.15) is 36.8 Å². The van der Waals surface area contributed by atoms with Gasteiger partial charge < -0.3 is 19.3 Å². The molecule has 27 heavy (non-hydrogen) atoms. The average molecular weight is 374 g/mol. The van der Waals surface area contributed by atoms with Crippen LogP contribution < -0.4 is 9.47 Å². The first-order valence-corrected chi connectivity index (χ1v) is 9.81. The maximum Gasteiger partial charge on any atom is 0.227 e. The molecule has 6 nitrogen and oxygen atoms in total. The monoisotopic (exact) mass is 374 g/mol. The summed E-state index contributed by atoms with van der Waals surface area (Å²) in [7, 11) is 3.24. The Kier molecular flexibility index (Phi) is 6.24. The Hall–Kier alpha value is -2.24. The molecule has 1 aliphatic carbocycles. The fourth-order valence-electron chi connectivity index (χ4n) is 4.13. The third kappa shape index (κ3) is 4.37. The van der Waals surface area contributed by atoms with Crippen molar-refractivity contribution < 1.29 is 19.1 Å². The molecule has 2 fully saturated rings. The SMILES string of the molecule is COc1cc(CC(=O)N2CCN(C(=O)C3CCCC3)CC2)c(OC)cc1C. The summed E-state index contributed by atoms with van der Waals surface area (Å²) < 4.78 is 10.8. The van der Waals surface area contributed by atoms with Gasteiger partial charge in [-0.3, -0.25) is 9.59 Å². The molecule has 148 valence electrons. The fourth-order valence-corrected chi connectivity index (χ4v) is 4.13. The van der Waals surface area contributed by atoms with E-state index in [9.17, 15) is 9.59 Å². The number of hydrogen-bond donors (Lipinski definition) is 0. The van der Waals surface area contributed by atoms with E-state index in [1.807, 2.05) is 28.9 Å². The van der Waals surface area contributed by atoms with Crippen LogP contribution in [0, 0.1) is 12.8 Å². The zero-order valence-electron chi connectivity index (χ0n) is 16.6. The summed E-state index contributed by atoms with van der Waals surface area (Å²) in [5, 5.41) is 0. The third-order valence-corrected chi connectivity index (χ3v) is 5.79. The zero-order chi connectivity index (χ0) is 19.4. The minimum absolute atomic E-state index is 0.0622. The summed E-state index contributed by atoms with van der Waals surface area (Å²) in [6.07, 6.45) is 4.64. The molecule has 1 saturated carbocycles. The van der Waals surface area contributed by atoms with Crippen molar-refractivity contribution in [1.29, 1.82) is 0 Å². The average Bonchev–Trinajstić information content (AvgIpc) is 3.23. The Bertz CT molecular complexity index is 690. The third-order valence-electron chi connectivity index (χ3n) is 5.79. The van der Waals surface area contributed by atoms with E-state index < -0.39 is 0 Å². The lowest BCUT2D eigenvalue weighted by Crippen LogP contribution is -2.52. The van der Waals surface area contributed by atoms with Crippen LogP contribution in [-0.2, 0) is 16.0 Å². The van der Waals surface area contributed by atoms with Gasteiger partial charge in [0.1, 0.15) is 11.5 Å². The zero-order valence-corrected chi connectivity index (χ0v) is 16.6. The highest BCUT2D eigenvalue weighted by Gasteiger charge is 2.30. The molecule has 6 heteroatoms. The summed E-state index contributed by atoms with van der Waals surface area (Å²) in [6.45, 7) is 4.42. The quantitative estimate of drug-likeness (QED) is 0.794. The number of nitrogens with zero attached hydrogens (tertiary/aromatic N) is 2. The first kappa shape index (κ1) is 19.5. The summed E-state index contributed by atoms with van der Waals surface area (Å²) in [5.74, 6) is 2.01. The molecular weight excluding hydrogens is 344 g/mol. The predicted octanol–water partition coefficient (Wildman–Crippen LogP) is 2.42. The first-order chi connectivity index (χ1) is 13.0. The molecule has 0 atom stereocenters. The molecule has 3 rings (SSSR count). The number of amides is 2. The van der Waals surface area contributed by atoms with E-state index >= 15 is 0 Å². The van der Waals surface area contributed by atoms with Crippen molar-refractivity contribution in [2.45, 2.75) is 39.0 Å². The van der Waals surface area contributed by atoms with Gasteiger partial charge in [-0.05, 0) is 37.5 Å². The number of carbonyl (C=O) groups is 2. The van der Waals surface area contributed by atoms with E-state index in [0.29, 0.717) is 31.9 Å². The van der Waals surface area contributed by atoms with Crippen LogP contribution in [0.4, 0.5) is 0 Å². The number of methoxy groups -OCH3 is 2. The van der Waals surface area contributed by atoms with Gasteiger partial charge in [-0.25, -0.2) is 0 Å². The van der Waals surface area contributed by atoms with E-state index in [4.69, 9.17) is 9.47 Å². The van der Waals surface area contributed by atoms with Crippen LogP contribution >= 0.6 is 0 Å². The maximum atomic E-state index is 12.8. The maximum absolute atomic E-state index is 12.8. The highest BCUT2D eigenvalue weighted by Crippen LogP contribution is 2.29. The van der Waals surface area contributed by atoms with Crippen molar-refractivity contribution in [3.63, 3.8) is 0 Å². The van der Waals surface area contributed by atoms with Crippen molar-refractivity contribution in [2.24, 2.45) is 5.92 Å². The number of ether oxygens (including phenoxy) is 2. The molecule has 0 aromatic heterocycles. The lowest BCUT2D eigenvalue weighted by atomic mass is 10.0. The van der Waals surface area contributed by atoms with Gasteiger partial charge >= 0.3 is 0 Å². The number of aryl methyl sites for hydroxylation is 1. The molecule has 2 aliphatic rings. The second-order valence-electron chi connectivity index (χ2n) is 7.50. The Morgan fingerprint density at radius 1 is 0.963 bits per heavy atom. The minimum Gasteiger partial charge on any atom is -0.496 e. The molecule has 1 heterocycles. The second kappa shape index (κ2) is 8.63. The minimum atomic E-state index is 0.0622. The molecule has 1 aromatic carbocycles. The number of hydrogen-bond acceptors (Lipinski definition) is 4. The van der Waals surface area contributed by atoms with Gasteiger partial charge in [0.15, 0.2) is 0 Å². The van der Waals surface area contributed by atoms with E-state index in [1.54, 1.807) is 14.2 Å². The van der Waals surface area contributed by atoms with Crippen LogP contribution in [0.25, 0.3) is 0 Å². The molecule has 1 saturated heterocycles. The van der Waals surface area contributed by atoms with E-state index in [2.05, 4.69) is 0 Å². The van der Waals surface area contributed by atoms with Gasteiger partial charge in [0.2, 0.25) is 11.8 Å². The van der Waals surface area contributed by atoms with Crippen LogP contribution in [0.2, 0.25) is 0 Å². The van der Waals surface area contributed by atoms with Crippen LogP contribution in [0.15, 0.2) is 12.1 Å². The molecule has 0 unspecified atom stereocenters. The largest absolute Gasteiger partial charge is 0.496 e. The summed E-state index contributed by atoms with van der Waals surface area (Å²) in [4.78, 5) is 29.1. The molecule has 0 bridgehead atoms. The molecule has 2 amide bonds. The number of rotatable bonds is 5. The van der Waals surface area contributed by atoms with Crippen molar-refractivity contribution in [1.82, 2.24) is 9.80 Å². The second-order valence-corrected chi connectivity index (χ2v) is 7.50. The highest BCUT2D eigenvalue weighted by atomic mass is 16.5. The summed E-state index contributed by atoms with van der Waals surface area (Å²) in [6, 6.07) is 3.78. The van der Waals surface area contributed by atoms with Gasteiger partial charge in [0.05, 0.1) is 20.6 Å². The lowest BCUT2D eigenvalue weighted by molar-refractivity contribution is -0.141. The summed E-state index contributed by atoms with van der Waals surface area (Å²) in [5.41, 5.74) is 1.80. The van der Waals surface area contributed by atoms with E-state index in [1.165, 1.54) is 0 Å². The Morgan fingerprint density at radius 2 is 1.56 bits per heavy atom. The van der Waals surface area contributed by atoms with Crippen LogP contribution in [0.5, 0.6) is 11.5 Å². The Morgan fingerprint density at radius 3 is 2.15 bits per heavy atom. The number of benzene rings is 1. The van der Waals surface area contributed by atoms with Gasteiger partial charge in [0, 0.05) is 37.7 Å². The smallest absolute Gasteiger partial charge is 0.227 e. The molecule has 1 aliphatic heterocycles. The lowest BCUT2D eigenvalue weighted by Gasteiger charge is -2.36. The van der Waals surface area contributed by atoms with Gasteiger partial charge in [-0.2, -0.15) is 0 Å². The number of carbonyl (C=O) groups excluding carboxylic acids is 2. The van der Waals surface area contributed by atoms with Crippen LogP contribution in [-0.4, -0.2) is 62.0 Å². The van der Waals surface area contributed by atoms with Gasteiger partial charge in [-0.1, -0.05) is 12.8 Å². The molecule has 1 aromatic rings. The van der Waals surface area contributed by atoms with Gasteiger partial charge in [0.25, 0.3) is 0 Å². The van der Waals surface area contributed by atoms with E-state index in [0.717, 1.165) is 42.6 Å². The van der Waals surface area contributed by atoms with Crippen LogP contribution in [0.3, 0.4) is 0 Å². The summed E-state index contributed by atoms with van der Waals surface area (Å²) >= 11 is 0. The molecule has 0 N–H and O–H groups in total. The van der Waals surface area contributed by atoms with Gasteiger partial charge in [-0.15, -0.1) is 0 Å². The van der Waals surface area contributed by atoms with Crippen molar-refractivity contribution in [3.8, 4) is 11.5 Å². The molecular formula is C21H30N2O4. The molecule has 0 radical (unpaired) electrons. The van der Waals surface area contributed by atoms with Crippen molar-refractivity contribution in [2.75, 3.05) is 40.4 Å². The Labute approximate surface area is 161 Å². The fraction of sp³-hybridized carbons (Fsp3) is 0.619.